The predicted octanol–water partition coefficient (Wildman–Crippen LogP) is 5.12. The molecule has 0 spiro atoms. The highest BCUT2D eigenvalue weighted by Gasteiger charge is 2.20. The Labute approximate surface area is 198 Å². The van der Waals surface area contributed by atoms with Crippen molar-refractivity contribution in [3.63, 3.8) is 0 Å². The highest BCUT2D eigenvalue weighted by atomic mass is 16.6. The van der Waals surface area contributed by atoms with E-state index in [1.54, 1.807) is 29.2 Å². The third-order valence-electron chi connectivity index (χ3n) is 5.16. The molecule has 1 saturated heterocycles. The van der Waals surface area contributed by atoms with E-state index in [9.17, 15) is 9.59 Å². The highest BCUT2D eigenvalue weighted by Crippen LogP contribution is 2.22. The van der Waals surface area contributed by atoms with Crippen LogP contribution >= 0.6 is 0 Å². The van der Waals surface area contributed by atoms with Crippen molar-refractivity contribution >= 4 is 29.0 Å². The van der Waals surface area contributed by atoms with Crippen LogP contribution in [0.3, 0.4) is 0 Å². The number of piperidine rings is 1. The van der Waals surface area contributed by atoms with Gasteiger partial charge in [-0.3, -0.25) is 4.79 Å². The SMILES string of the molecule is O=C(CON=C1CCN(C(=O)Nc2ccccc2)CC1)Nc1ccc(Oc2ccccc2)cc1. The fourth-order valence-corrected chi connectivity index (χ4v) is 3.39. The lowest BCUT2D eigenvalue weighted by atomic mass is 10.1. The fraction of sp³-hybridized carbons (Fsp3) is 0.192. The molecule has 0 bridgehead atoms. The van der Waals surface area contributed by atoms with Crippen molar-refractivity contribution in [2.24, 2.45) is 5.16 Å². The summed E-state index contributed by atoms with van der Waals surface area (Å²) in [5.74, 6) is 1.12. The Balaban J connectivity index is 1.16. The number of urea groups is 1. The number of hydrogen-bond donors (Lipinski definition) is 2. The van der Waals surface area contributed by atoms with Crippen molar-refractivity contribution in [2.75, 3.05) is 30.3 Å². The van der Waals surface area contributed by atoms with Gasteiger partial charge in [-0.15, -0.1) is 0 Å². The summed E-state index contributed by atoms with van der Waals surface area (Å²) in [6, 6.07) is 25.8. The van der Waals surface area contributed by atoms with E-state index in [0.717, 1.165) is 17.1 Å². The van der Waals surface area contributed by atoms with E-state index in [1.807, 2.05) is 60.7 Å². The number of anilines is 2. The number of ether oxygens (including phenoxy) is 1. The highest BCUT2D eigenvalue weighted by molar-refractivity contribution is 5.93. The maximum Gasteiger partial charge on any atom is 0.321 e. The van der Waals surface area contributed by atoms with E-state index in [0.29, 0.717) is 37.4 Å². The predicted molar refractivity (Wildman–Crippen MR) is 131 cm³/mol. The van der Waals surface area contributed by atoms with Crippen LogP contribution in [0.25, 0.3) is 0 Å². The molecule has 1 fully saturated rings. The molecule has 0 unspecified atom stereocenters. The zero-order chi connectivity index (χ0) is 23.6. The minimum atomic E-state index is -0.305. The number of para-hydroxylation sites is 2. The molecule has 8 heteroatoms. The number of nitrogens with zero attached hydrogens (tertiary/aromatic N) is 2. The third-order valence-corrected chi connectivity index (χ3v) is 5.16. The van der Waals surface area contributed by atoms with Crippen LogP contribution in [0.1, 0.15) is 12.8 Å². The zero-order valence-electron chi connectivity index (χ0n) is 18.6. The average Bonchev–Trinajstić information content (AvgIpc) is 2.87. The van der Waals surface area contributed by atoms with Crippen LogP contribution in [-0.2, 0) is 9.63 Å². The van der Waals surface area contributed by atoms with E-state index in [-0.39, 0.29) is 18.5 Å². The maximum atomic E-state index is 12.3. The van der Waals surface area contributed by atoms with Crippen molar-refractivity contribution in [2.45, 2.75) is 12.8 Å². The molecule has 0 aliphatic carbocycles. The summed E-state index contributed by atoms with van der Waals surface area (Å²) < 4.78 is 5.74. The average molecular weight is 459 g/mol. The van der Waals surface area contributed by atoms with Gasteiger partial charge in [0.1, 0.15) is 11.5 Å². The summed E-state index contributed by atoms with van der Waals surface area (Å²) in [5, 5.41) is 9.73. The Morgan fingerprint density at radius 3 is 2.03 bits per heavy atom. The van der Waals surface area contributed by atoms with Crippen LogP contribution < -0.4 is 15.4 Å². The van der Waals surface area contributed by atoms with Gasteiger partial charge in [-0.05, 0) is 48.5 Å². The fourth-order valence-electron chi connectivity index (χ4n) is 3.39. The molecule has 1 aliphatic heterocycles. The summed E-state index contributed by atoms with van der Waals surface area (Å²) in [6.07, 6.45) is 1.21. The smallest absolute Gasteiger partial charge is 0.321 e. The largest absolute Gasteiger partial charge is 0.457 e. The van der Waals surface area contributed by atoms with Gasteiger partial charge in [-0.1, -0.05) is 41.6 Å². The molecule has 1 aliphatic rings. The lowest BCUT2D eigenvalue weighted by molar-refractivity contribution is -0.120. The van der Waals surface area contributed by atoms with Crippen LogP contribution in [-0.4, -0.2) is 42.2 Å². The first kappa shape index (κ1) is 22.8. The Morgan fingerprint density at radius 1 is 0.765 bits per heavy atom. The number of carbonyl (C=O) groups is 2. The first-order valence-corrected chi connectivity index (χ1v) is 11.1. The normalized spacial score (nSPS) is 13.1. The van der Waals surface area contributed by atoms with Gasteiger partial charge in [0.2, 0.25) is 0 Å². The number of likely N-dealkylation sites (tertiary alicyclic amines) is 1. The van der Waals surface area contributed by atoms with Crippen molar-refractivity contribution in [3.05, 3.63) is 84.9 Å². The summed E-state index contributed by atoms with van der Waals surface area (Å²) in [7, 11) is 0. The van der Waals surface area contributed by atoms with E-state index in [1.165, 1.54) is 0 Å². The summed E-state index contributed by atoms with van der Waals surface area (Å²) in [4.78, 5) is 31.5. The molecular formula is C26H26N4O4. The monoisotopic (exact) mass is 458 g/mol. The maximum absolute atomic E-state index is 12.3. The van der Waals surface area contributed by atoms with Crippen LogP contribution in [0.4, 0.5) is 16.2 Å². The molecular weight excluding hydrogens is 432 g/mol. The lowest BCUT2D eigenvalue weighted by Crippen LogP contribution is -2.41. The van der Waals surface area contributed by atoms with Crippen LogP contribution in [0.15, 0.2) is 90.1 Å². The van der Waals surface area contributed by atoms with Gasteiger partial charge in [0.25, 0.3) is 5.91 Å². The second kappa shape index (κ2) is 11.5. The van der Waals surface area contributed by atoms with Gasteiger partial charge in [0, 0.05) is 37.3 Å². The minimum Gasteiger partial charge on any atom is -0.457 e. The molecule has 3 amide bonds. The summed E-state index contributed by atoms with van der Waals surface area (Å²) in [5.41, 5.74) is 2.23. The number of benzene rings is 3. The third kappa shape index (κ3) is 6.83. The molecule has 1 heterocycles. The van der Waals surface area contributed by atoms with E-state index in [2.05, 4.69) is 15.8 Å². The second-order valence-electron chi connectivity index (χ2n) is 7.70. The van der Waals surface area contributed by atoms with Gasteiger partial charge < -0.3 is 25.1 Å². The molecule has 8 nitrogen and oxygen atoms in total. The number of oxime groups is 1. The number of hydrogen-bond acceptors (Lipinski definition) is 5. The van der Waals surface area contributed by atoms with Crippen LogP contribution in [0, 0.1) is 0 Å². The molecule has 4 rings (SSSR count). The summed E-state index contributed by atoms with van der Waals surface area (Å²) >= 11 is 0. The number of carbonyl (C=O) groups excluding carboxylic acids is 2. The van der Waals surface area contributed by atoms with Crippen molar-refractivity contribution in [1.29, 1.82) is 0 Å². The van der Waals surface area contributed by atoms with Gasteiger partial charge in [-0.2, -0.15) is 0 Å². The van der Waals surface area contributed by atoms with Crippen molar-refractivity contribution in [1.82, 2.24) is 4.90 Å². The Morgan fingerprint density at radius 2 is 1.35 bits per heavy atom. The Kier molecular flexibility index (Phi) is 7.74. The van der Waals surface area contributed by atoms with Gasteiger partial charge in [0.15, 0.2) is 6.61 Å². The topological polar surface area (TPSA) is 92.3 Å². The van der Waals surface area contributed by atoms with E-state index in [4.69, 9.17) is 9.57 Å². The second-order valence-corrected chi connectivity index (χ2v) is 7.70. The molecule has 2 N–H and O–H groups in total. The molecule has 0 aromatic heterocycles. The molecule has 34 heavy (non-hydrogen) atoms. The number of amides is 3. The first-order valence-electron chi connectivity index (χ1n) is 11.1. The van der Waals surface area contributed by atoms with Crippen LogP contribution in [0.2, 0.25) is 0 Å². The molecule has 0 saturated carbocycles. The van der Waals surface area contributed by atoms with Gasteiger partial charge in [0.05, 0.1) is 5.71 Å². The zero-order valence-corrected chi connectivity index (χ0v) is 18.6. The number of rotatable bonds is 7. The molecule has 3 aromatic carbocycles. The molecule has 3 aromatic rings. The minimum absolute atomic E-state index is 0.134. The lowest BCUT2D eigenvalue weighted by Gasteiger charge is -2.27. The summed E-state index contributed by atoms with van der Waals surface area (Å²) in [6.45, 7) is 0.902. The van der Waals surface area contributed by atoms with Gasteiger partial charge >= 0.3 is 6.03 Å². The number of nitrogens with one attached hydrogen (secondary N) is 2. The molecule has 174 valence electrons. The van der Waals surface area contributed by atoms with E-state index >= 15 is 0 Å². The van der Waals surface area contributed by atoms with E-state index < -0.39 is 0 Å². The van der Waals surface area contributed by atoms with Crippen molar-refractivity contribution < 1.29 is 19.2 Å². The standard InChI is InChI=1S/C26H26N4O4/c31-25(27-21-11-13-24(14-12-21)34-23-9-5-2-6-10-23)19-33-29-22-15-17-30(18-16-22)26(32)28-20-7-3-1-4-8-20/h1-14H,15-19H2,(H,27,31)(H,28,32). The first-order chi connectivity index (χ1) is 16.7. The van der Waals surface area contributed by atoms with Crippen LogP contribution in [0.5, 0.6) is 11.5 Å². The van der Waals surface area contributed by atoms with Gasteiger partial charge in [-0.25, -0.2) is 4.79 Å². The Bertz CT molecular complexity index is 1110. The molecule has 0 radical (unpaired) electrons. The molecule has 0 atom stereocenters. The Hall–Kier alpha value is -4.33. The quantitative estimate of drug-likeness (QED) is 0.481. The van der Waals surface area contributed by atoms with Crippen molar-refractivity contribution in [3.8, 4) is 11.5 Å².